The van der Waals surface area contributed by atoms with Gasteiger partial charge < -0.3 is 19.4 Å². The number of nitrogens with zero attached hydrogens (tertiary/aromatic N) is 3. The van der Waals surface area contributed by atoms with Crippen molar-refractivity contribution in [3.8, 4) is 16.9 Å². The molecule has 2 heterocycles. The lowest BCUT2D eigenvalue weighted by atomic mass is 10.0. The number of esters is 1. The van der Waals surface area contributed by atoms with Crippen molar-refractivity contribution in [3.05, 3.63) is 76.4 Å². The Balaban J connectivity index is 1.44. The van der Waals surface area contributed by atoms with E-state index in [-0.39, 0.29) is 17.8 Å². The first-order valence-corrected chi connectivity index (χ1v) is 14.6. The summed E-state index contributed by atoms with van der Waals surface area (Å²) in [5.74, 6) is 0.804. The van der Waals surface area contributed by atoms with E-state index < -0.39 is 5.97 Å². The molecule has 8 nitrogen and oxygen atoms in total. The second-order valence-electron chi connectivity index (χ2n) is 8.89. The third-order valence-electron chi connectivity index (χ3n) is 6.20. The molecule has 0 fully saturated rings. The Bertz CT molecular complexity index is 1430. The van der Waals surface area contributed by atoms with Crippen LogP contribution >= 0.6 is 23.1 Å². The zero-order chi connectivity index (χ0) is 27.9. The first-order valence-electron chi connectivity index (χ1n) is 12.7. The Kier molecular flexibility index (Phi) is 9.42. The quantitative estimate of drug-likeness (QED) is 0.163. The molecular weight excluding hydrogens is 532 g/mol. The lowest BCUT2D eigenvalue weighted by Crippen LogP contribution is -2.17. The summed E-state index contributed by atoms with van der Waals surface area (Å²) in [6.07, 6.45) is 0.653. The molecule has 204 valence electrons. The number of hydrogen-bond acceptors (Lipinski definition) is 8. The van der Waals surface area contributed by atoms with Gasteiger partial charge in [0, 0.05) is 17.5 Å². The minimum absolute atomic E-state index is 0.101. The third kappa shape index (κ3) is 6.69. The Labute approximate surface area is 236 Å². The molecule has 1 unspecified atom stereocenters. The average Bonchev–Trinajstić information content (AvgIpc) is 3.56. The number of nitrogens with one attached hydrogen (secondary N) is 1. The van der Waals surface area contributed by atoms with Crippen LogP contribution in [0.5, 0.6) is 5.75 Å². The molecule has 10 heteroatoms. The van der Waals surface area contributed by atoms with Gasteiger partial charge in [-0.15, -0.1) is 21.5 Å². The summed E-state index contributed by atoms with van der Waals surface area (Å²) in [5.41, 5.74) is 4.32. The number of carbonyl (C=O) groups is 2. The molecule has 0 aliphatic rings. The van der Waals surface area contributed by atoms with E-state index in [2.05, 4.69) is 34.6 Å². The van der Waals surface area contributed by atoms with Crippen molar-refractivity contribution >= 4 is 40.0 Å². The van der Waals surface area contributed by atoms with E-state index in [1.165, 1.54) is 35.8 Å². The number of hydrogen-bond donors (Lipinski definition) is 1. The SMILES string of the molecule is CCc1ccc(OC(C)c2nnc(SCC(=O)Nc3scc(-c4ccc(C)cc4)c3C(=O)OC)n2CC)cc1. The fraction of sp³-hybridized carbons (Fsp3) is 0.310. The van der Waals surface area contributed by atoms with E-state index in [4.69, 9.17) is 9.47 Å². The highest BCUT2D eigenvalue weighted by Gasteiger charge is 2.23. The number of anilines is 1. The van der Waals surface area contributed by atoms with E-state index in [0.717, 1.165) is 28.9 Å². The van der Waals surface area contributed by atoms with Crippen LogP contribution in [0, 0.1) is 6.92 Å². The number of rotatable bonds is 11. The average molecular weight is 565 g/mol. The summed E-state index contributed by atoms with van der Waals surface area (Å²) in [7, 11) is 1.33. The topological polar surface area (TPSA) is 95.3 Å². The maximum Gasteiger partial charge on any atom is 0.341 e. The van der Waals surface area contributed by atoms with Crippen LogP contribution in [0.1, 0.15) is 54.2 Å². The number of carbonyl (C=O) groups excluding carboxylic acids is 2. The van der Waals surface area contributed by atoms with E-state index in [0.29, 0.717) is 28.1 Å². The molecule has 4 rings (SSSR count). The molecule has 0 spiro atoms. The van der Waals surface area contributed by atoms with Gasteiger partial charge in [0.1, 0.15) is 16.3 Å². The lowest BCUT2D eigenvalue weighted by Gasteiger charge is -2.16. The van der Waals surface area contributed by atoms with Gasteiger partial charge in [-0.3, -0.25) is 4.79 Å². The first-order chi connectivity index (χ1) is 18.8. The zero-order valence-electron chi connectivity index (χ0n) is 22.7. The van der Waals surface area contributed by atoms with Gasteiger partial charge in [0.25, 0.3) is 0 Å². The highest BCUT2D eigenvalue weighted by Crippen LogP contribution is 2.36. The van der Waals surface area contributed by atoms with Gasteiger partial charge in [-0.1, -0.05) is 60.6 Å². The number of thioether (sulfide) groups is 1. The largest absolute Gasteiger partial charge is 0.483 e. The smallest absolute Gasteiger partial charge is 0.341 e. The van der Waals surface area contributed by atoms with Gasteiger partial charge in [-0.25, -0.2) is 4.79 Å². The fourth-order valence-electron chi connectivity index (χ4n) is 4.06. The monoisotopic (exact) mass is 564 g/mol. The number of methoxy groups -OCH3 is 1. The molecule has 2 aromatic carbocycles. The minimum Gasteiger partial charge on any atom is -0.483 e. The minimum atomic E-state index is -0.497. The fourth-order valence-corrected chi connectivity index (χ4v) is 5.84. The molecule has 1 N–H and O–H groups in total. The number of aromatic nitrogens is 3. The number of benzene rings is 2. The zero-order valence-corrected chi connectivity index (χ0v) is 24.3. The Hall–Kier alpha value is -3.63. The van der Waals surface area contributed by atoms with Crippen LogP contribution in [-0.4, -0.2) is 39.5 Å². The maximum atomic E-state index is 12.9. The number of aryl methyl sites for hydroxylation is 2. The van der Waals surface area contributed by atoms with Crippen LogP contribution in [0.15, 0.2) is 59.1 Å². The lowest BCUT2D eigenvalue weighted by molar-refractivity contribution is -0.113. The van der Waals surface area contributed by atoms with Crippen molar-refractivity contribution in [2.75, 3.05) is 18.2 Å². The first kappa shape index (κ1) is 28.4. The molecule has 0 saturated carbocycles. The second kappa shape index (κ2) is 12.9. The van der Waals surface area contributed by atoms with Crippen LogP contribution < -0.4 is 10.1 Å². The van der Waals surface area contributed by atoms with Gasteiger partial charge in [0.05, 0.1) is 12.9 Å². The van der Waals surface area contributed by atoms with Crippen molar-refractivity contribution in [2.45, 2.75) is 51.9 Å². The summed E-state index contributed by atoms with van der Waals surface area (Å²) in [6.45, 7) is 8.68. The van der Waals surface area contributed by atoms with E-state index in [9.17, 15) is 9.59 Å². The second-order valence-corrected chi connectivity index (χ2v) is 10.7. The van der Waals surface area contributed by atoms with Crippen molar-refractivity contribution in [1.82, 2.24) is 14.8 Å². The molecule has 0 aliphatic carbocycles. The molecule has 39 heavy (non-hydrogen) atoms. The van der Waals surface area contributed by atoms with Crippen LogP contribution in [0.4, 0.5) is 5.00 Å². The summed E-state index contributed by atoms with van der Waals surface area (Å²) >= 11 is 2.58. The summed E-state index contributed by atoms with van der Waals surface area (Å²) in [6, 6.07) is 15.9. The Morgan fingerprint density at radius 3 is 2.44 bits per heavy atom. The van der Waals surface area contributed by atoms with Crippen molar-refractivity contribution in [2.24, 2.45) is 0 Å². The maximum absolute atomic E-state index is 12.9. The van der Waals surface area contributed by atoms with Gasteiger partial charge in [0.15, 0.2) is 17.1 Å². The van der Waals surface area contributed by atoms with E-state index in [1.54, 1.807) is 0 Å². The van der Waals surface area contributed by atoms with Gasteiger partial charge in [-0.05, 0) is 50.5 Å². The molecule has 0 aliphatic heterocycles. The van der Waals surface area contributed by atoms with Gasteiger partial charge in [0.2, 0.25) is 5.91 Å². The Morgan fingerprint density at radius 2 is 1.79 bits per heavy atom. The molecule has 0 saturated heterocycles. The van der Waals surface area contributed by atoms with Crippen LogP contribution in [0.25, 0.3) is 11.1 Å². The van der Waals surface area contributed by atoms with Crippen LogP contribution in [0.3, 0.4) is 0 Å². The predicted molar refractivity (Wildman–Crippen MR) is 156 cm³/mol. The van der Waals surface area contributed by atoms with Gasteiger partial charge in [-0.2, -0.15) is 0 Å². The van der Waals surface area contributed by atoms with Crippen molar-refractivity contribution < 1.29 is 19.1 Å². The molecule has 1 amide bonds. The predicted octanol–water partition coefficient (Wildman–Crippen LogP) is 6.55. The Morgan fingerprint density at radius 1 is 1.08 bits per heavy atom. The molecule has 1 atom stereocenters. The van der Waals surface area contributed by atoms with Gasteiger partial charge >= 0.3 is 5.97 Å². The van der Waals surface area contributed by atoms with Crippen molar-refractivity contribution in [1.29, 1.82) is 0 Å². The summed E-state index contributed by atoms with van der Waals surface area (Å²) in [4.78, 5) is 25.5. The molecule has 0 radical (unpaired) electrons. The number of thiophene rings is 1. The standard InChI is InChI=1S/C29H32N4O4S2/c1-6-20-10-14-22(15-11-20)37-19(4)26-31-32-29(33(26)7-2)39-17-24(34)30-27-25(28(35)36-5)23(16-38-27)21-12-8-18(3)9-13-21/h8-16,19H,6-7,17H2,1-5H3,(H,30,34). The van der Waals surface area contributed by atoms with E-state index >= 15 is 0 Å². The summed E-state index contributed by atoms with van der Waals surface area (Å²) < 4.78 is 13.1. The third-order valence-corrected chi connectivity index (χ3v) is 8.06. The highest BCUT2D eigenvalue weighted by molar-refractivity contribution is 7.99. The molecule has 2 aromatic heterocycles. The molecule has 0 bridgehead atoms. The number of amides is 1. The van der Waals surface area contributed by atoms with Crippen molar-refractivity contribution in [3.63, 3.8) is 0 Å². The molecular formula is C29H32N4O4S2. The highest BCUT2D eigenvalue weighted by atomic mass is 32.2. The van der Waals surface area contributed by atoms with Crippen LogP contribution in [-0.2, 0) is 22.5 Å². The summed E-state index contributed by atoms with van der Waals surface area (Å²) in [5, 5.41) is 14.5. The number of ether oxygens (including phenoxy) is 2. The van der Waals surface area contributed by atoms with E-state index in [1.807, 2.05) is 67.1 Å². The van der Waals surface area contributed by atoms with Crippen LogP contribution in [0.2, 0.25) is 0 Å². The normalized spacial score (nSPS) is 11.7. The molecule has 4 aromatic rings.